The fraction of sp³-hybridized carbons (Fsp3) is 0.462. The van der Waals surface area contributed by atoms with Gasteiger partial charge in [0.25, 0.3) is 0 Å². The van der Waals surface area contributed by atoms with Gasteiger partial charge in [0, 0.05) is 12.6 Å². The SMILES string of the molecule is C[C@H]1CN(C2CCC(C(N)=O)(c3ccc(F)cc3)CC2)CC[C@@]1(C(=O)O)c1cccc(O)c1. The van der Waals surface area contributed by atoms with E-state index in [0.29, 0.717) is 37.9 Å². The van der Waals surface area contributed by atoms with E-state index in [-0.39, 0.29) is 29.4 Å². The Morgan fingerprint density at radius 3 is 2.27 bits per heavy atom. The third kappa shape index (κ3) is 3.99. The number of halogens is 1. The van der Waals surface area contributed by atoms with E-state index in [0.717, 1.165) is 18.4 Å². The third-order valence-electron chi connectivity index (χ3n) is 8.08. The summed E-state index contributed by atoms with van der Waals surface area (Å²) < 4.78 is 13.4. The van der Waals surface area contributed by atoms with Crippen LogP contribution in [0.2, 0.25) is 0 Å². The number of hydrogen-bond donors (Lipinski definition) is 3. The molecular formula is C26H31FN2O4. The number of carbonyl (C=O) groups is 2. The number of aliphatic carboxylic acids is 1. The molecule has 4 rings (SSSR count). The number of rotatable bonds is 5. The zero-order chi connectivity index (χ0) is 23.8. The molecule has 2 fully saturated rings. The van der Waals surface area contributed by atoms with Crippen LogP contribution in [0.5, 0.6) is 5.75 Å². The number of carbonyl (C=O) groups excluding carboxylic acids is 1. The predicted octanol–water partition coefficient (Wildman–Crippen LogP) is 3.56. The second-order valence-electron chi connectivity index (χ2n) is 9.66. The summed E-state index contributed by atoms with van der Waals surface area (Å²) in [5.41, 5.74) is 5.39. The van der Waals surface area contributed by atoms with Crippen molar-refractivity contribution in [3.05, 3.63) is 65.5 Å². The average molecular weight is 455 g/mol. The van der Waals surface area contributed by atoms with Crippen LogP contribution in [-0.2, 0) is 20.4 Å². The molecule has 0 radical (unpaired) electrons. The van der Waals surface area contributed by atoms with E-state index in [9.17, 15) is 24.2 Å². The van der Waals surface area contributed by atoms with E-state index >= 15 is 0 Å². The van der Waals surface area contributed by atoms with Crippen molar-refractivity contribution in [2.24, 2.45) is 11.7 Å². The number of nitrogens with two attached hydrogens (primary N) is 1. The van der Waals surface area contributed by atoms with Crippen molar-refractivity contribution < 1.29 is 24.2 Å². The van der Waals surface area contributed by atoms with Gasteiger partial charge in [-0.25, -0.2) is 4.39 Å². The largest absolute Gasteiger partial charge is 0.508 e. The summed E-state index contributed by atoms with van der Waals surface area (Å²) in [6.07, 6.45) is 3.14. The molecule has 176 valence electrons. The van der Waals surface area contributed by atoms with E-state index in [2.05, 4.69) is 4.90 Å². The molecule has 1 saturated heterocycles. The summed E-state index contributed by atoms with van der Waals surface area (Å²) in [6.45, 7) is 3.20. The molecule has 0 unspecified atom stereocenters. The first kappa shape index (κ1) is 23.2. The summed E-state index contributed by atoms with van der Waals surface area (Å²) in [6, 6.07) is 12.9. The summed E-state index contributed by atoms with van der Waals surface area (Å²) in [4.78, 5) is 27.3. The van der Waals surface area contributed by atoms with Crippen LogP contribution in [0, 0.1) is 11.7 Å². The Balaban J connectivity index is 1.50. The Bertz CT molecular complexity index is 1030. The number of aromatic hydroxyl groups is 1. The number of benzene rings is 2. The van der Waals surface area contributed by atoms with Crippen LogP contribution in [0.15, 0.2) is 48.5 Å². The maximum atomic E-state index is 13.4. The van der Waals surface area contributed by atoms with Crippen LogP contribution < -0.4 is 5.73 Å². The van der Waals surface area contributed by atoms with E-state index < -0.39 is 16.8 Å². The lowest BCUT2D eigenvalue weighted by atomic mass is 9.64. The van der Waals surface area contributed by atoms with Gasteiger partial charge in [-0.3, -0.25) is 9.59 Å². The number of nitrogens with zero attached hydrogens (tertiary/aromatic N) is 1. The van der Waals surface area contributed by atoms with Crippen molar-refractivity contribution in [1.29, 1.82) is 0 Å². The number of carboxylic acids is 1. The molecular weight excluding hydrogens is 423 g/mol. The van der Waals surface area contributed by atoms with Crippen LogP contribution in [0.3, 0.4) is 0 Å². The fourth-order valence-electron chi connectivity index (χ4n) is 6.06. The average Bonchev–Trinajstić information content (AvgIpc) is 2.79. The van der Waals surface area contributed by atoms with E-state index in [1.165, 1.54) is 12.1 Å². The highest BCUT2D eigenvalue weighted by Gasteiger charge is 2.50. The highest BCUT2D eigenvalue weighted by molar-refractivity contribution is 5.87. The molecule has 33 heavy (non-hydrogen) atoms. The molecule has 1 aliphatic heterocycles. The lowest BCUT2D eigenvalue weighted by Crippen LogP contribution is -2.57. The monoisotopic (exact) mass is 454 g/mol. The Hall–Kier alpha value is -2.93. The van der Waals surface area contributed by atoms with Gasteiger partial charge in [-0.15, -0.1) is 0 Å². The van der Waals surface area contributed by atoms with Crippen molar-refractivity contribution >= 4 is 11.9 Å². The molecule has 1 aliphatic carbocycles. The summed E-state index contributed by atoms with van der Waals surface area (Å²) in [5, 5.41) is 20.1. The van der Waals surface area contributed by atoms with Crippen molar-refractivity contribution in [2.45, 2.75) is 55.9 Å². The number of phenols is 1. The quantitative estimate of drug-likeness (QED) is 0.641. The van der Waals surface area contributed by atoms with Gasteiger partial charge < -0.3 is 20.8 Å². The number of amides is 1. The van der Waals surface area contributed by atoms with Gasteiger partial charge in [0.15, 0.2) is 0 Å². The van der Waals surface area contributed by atoms with E-state index in [1.807, 2.05) is 6.92 Å². The van der Waals surface area contributed by atoms with E-state index in [1.54, 1.807) is 36.4 Å². The van der Waals surface area contributed by atoms with Gasteiger partial charge in [-0.2, -0.15) is 0 Å². The predicted molar refractivity (Wildman–Crippen MR) is 122 cm³/mol. The molecule has 2 atom stereocenters. The Morgan fingerprint density at radius 2 is 1.73 bits per heavy atom. The standard InChI is InChI=1S/C26H31FN2O4/c1-17-16-29(14-13-26(17,24(32)33)19-3-2-4-22(30)15-19)21-9-11-25(12-10-21,23(28)31)18-5-7-20(27)8-6-18/h2-8,15,17,21,30H,9-14,16H2,1H3,(H2,28,31)(H,32,33)/t17-,21?,25?,26-/m0/s1. The first-order chi connectivity index (χ1) is 15.7. The molecule has 0 aromatic heterocycles. The van der Waals surface area contributed by atoms with Crippen LogP contribution in [-0.4, -0.2) is 46.1 Å². The zero-order valence-electron chi connectivity index (χ0n) is 18.8. The first-order valence-corrected chi connectivity index (χ1v) is 11.5. The minimum absolute atomic E-state index is 0.0682. The second kappa shape index (κ2) is 8.78. The maximum absolute atomic E-state index is 13.4. The molecule has 7 heteroatoms. The van der Waals surface area contributed by atoms with Crippen LogP contribution >= 0.6 is 0 Å². The molecule has 2 aromatic carbocycles. The number of primary amides is 1. The molecule has 1 amide bonds. The number of piperidine rings is 1. The molecule has 0 spiro atoms. The van der Waals surface area contributed by atoms with Gasteiger partial charge in [0.05, 0.1) is 10.8 Å². The first-order valence-electron chi connectivity index (χ1n) is 11.5. The smallest absolute Gasteiger partial charge is 0.314 e. The minimum Gasteiger partial charge on any atom is -0.508 e. The summed E-state index contributed by atoms with van der Waals surface area (Å²) >= 11 is 0. The van der Waals surface area contributed by atoms with Crippen LogP contribution in [0.1, 0.15) is 50.2 Å². The molecule has 1 saturated carbocycles. The number of likely N-dealkylation sites (tertiary alicyclic amines) is 1. The number of carboxylic acid groups (broad SMARTS) is 1. The lowest BCUT2D eigenvalue weighted by molar-refractivity contribution is -0.149. The van der Waals surface area contributed by atoms with Crippen molar-refractivity contribution in [3.8, 4) is 5.75 Å². The topological polar surface area (TPSA) is 104 Å². The highest BCUT2D eigenvalue weighted by Crippen LogP contribution is 2.45. The summed E-state index contributed by atoms with van der Waals surface area (Å²) in [7, 11) is 0. The Labute approximate surface area is 193 Å². The van der Waals surface area contributed by atoms with Crippen LogP contribution in [0.4, 0.5) is 4.39 Å². The molecule has 6 nitrogen and oxygen atoms in total. The van der Waals surface area contributed by atoms with Crippen LogP contribution in [0.25, 0.3) is 0 Å². The van der Waals surface area contributed by atoms with Crippen molar-refractivity contribution in [1.82, 2.24) is 4.90 Å². The van der Waals surface area contributed by atoms with Gasteiger partial charge in [-0.05, 0) is 80.0 Å². The Morgan fingerprint density at radius 1 is 1.06 bits per heavy atom. The minimum atomic E-state index is -1.05. The second-order valence-corrected chi connectivity index (χ2v) is 9.66. The molecule has 0 bridgehead atoms. The zero-order valence-corrected chi connectivity index (χ0v) is 18.8. The number of phenolic OH excluding ortho intramolecular Hbond substituents is 1. The van der Waals surface area contributed by atoms with Gasteiger partial charge >= 0.3 is 5.97 Å². The fourth-order valence-corrected chi connectivity index (χ4v) is 6.06. The van der Waals surface area contributed by atoms with Gasteiger partial charge in [0.1, 0.15) is 11.6 Å². The summed E-state index contributed by atoms with van der Waals surface area (Å²) in [5.74, 6) is -1.69. The van der Waals surface area contributed by atoms with Crippen molar-refractivity contribution in [2.75, 3.05) is 13.1 Å². The van der Waals surface area contributed by atoms with E-state index in [4.69, 9.17) is 5.73 Å². The maximum Gasteiger partial charge on any atom is 0.314 e. The normalized spacial score (nSPS) is 30.6. The van der Waals surface area contributed by atoms with Gasteiger partial charge in [0.2, 0.25) is 5.91 Å². The highest BCUT2D eigenvalue weighted by atomic mass is 19.1. The van der Waals surface area contributed by atoms with Gasteiger partial charge in [-0.1, -0.05) is 31.2 Å². The lowest BCUT2D eigenvalue weighted by Gasteiger charge is -2.49. The van der Waals surface area contributed by atoms with Crippen molar-refractivity contribution in [3.63, 3.8) is 0 Å². The third-order valence-corrected chi connectivity index (χ3v) is 8.08. The Kier molecular flexibility index (Phi) is 6.18. The molecule has 2 aromatic rings. The number of hydrogen-bond acceptors (Lipinski definition) is 4. The molecule has 2 aliphatic rings. The molecule has 1 heterocycles. The molecule has 4 N–H and O–H groups in total.